The van der Waals surface area contributed by atoms with Gasteiger partial charge in [0.15, 0.2) is 5.78 Å². The Bertz CT molecular complexity index is 974. The summed E-state index contributed by atoms with van der Waals surface area (Å²) in [7, 11) is 0. The average Bonchev–Trinajstić information content (AvgIpc) is 2.79. The van der Waals surface area contributed by atoms with Crippen molar-refractivity contribution in [1.29, 1.82) is 0 Å². The third kappa shape index (κ3) is 4.55. The van der Waals surface area contributed by atoms with Gasteiger partial charge in [0.05, 0.1) is 6.04 Å². The van der Waals surface area contributed by atoms with Gasteiger partial charge in [0.1, 0.15) is 17.6 Å². The lowest BCUT2D eigenvalue weighted by molar-refractivity contribution is 0.0509. The second kappa shape index (κ2) is 9.14. The highest BCUT2D eigenvalue weighted by molar-refractivity contribution is 6.00. The van der Waals surface area contributed by atoms with E-state index in [1.807, 2.05) is 43.3 Å². The number of piperidine rings is 1. The first-order chi connectivity index (χ1) is 14.6. The fraction of sp³-hybridized carbons (Fsp3) is 0.269. The fourth-order valence-electron chi connectivity index (χ4n) is 4.21. The van der Waals surface area contributed by atoms with Crippen LogP contribution < -0.4 is 4.74 Å². The van der Waals surface area contributed by atoms with Crippen molar-refractivity contribution >= 4 is 5.78 Å². The molecule has 4 rings (SSSR count). The number of nitrogens with zero attached hydrogens (tertiary/aromatic N) is 1. The first-order valence-electron chi connectivity index (χ1n) is 10.5. The number of likely N-dealkylation sites (tertiary alicyclic amines) is 1. The highest BCUT2D eigenvalue weighted by atomic mass is 16.5. The number of carbonyl (C=O) groups is 1. The van der Waals surface area contributed by atoms with Gasteiger partial charge in [-0.15, -0.1) is 0 Å². The summed E-state index contributed by atoms with van der Waals surface area (Å²) < 4.78 is 6.37. The summed E-state index contributed by atoms with van der Waals surface area (Å²) in [5.41, 5.74) is 1.77. The minimum atomic E-state index is -0.268. The molecule has 1 aliphatic rings. The zero-order valence-electron chi connectivity index (χ0n) is 17.1. The normalized spacial score (nSPS) is 20.4. The predicted octanol–water partition coefficient (Wildman–Crippen LogP) is 4.90. The third-order valence-corrected chi connectivity index (χ3v) is 5.90. The Morgan fingerprint density at radius 1 is 1.00 bits per heavy atom. The van der Waals surface area contributed by atoms with Crippen molar-refractivity contribution in [2.75, 3.05) is 13.1 Å². The second-order valence-electron chi connectivity index (χ2n) is 7.86. The lowest BCUT2D eigenvalue weighted by atomic mass is 9.86. The summed E-state index contributed by atoms with van der Waals surface area (Å²) in [4.78, 5) is 15.3. The van der Waals surface area contributed by atoms with Crippen molar-refractivity contribution in [3.05, 3.63) is 96.1 Å². The Morgan fingerprint density at radius 3 is 2.40 bits per heavy atom. The average molecular weight is 402 g/mol. The summed E-state index contributed by atoms with van der Waals surface area (Å²) in [5.74, 6) is 1.19. The van der Waals surface area contributed by atoms with Crippen LogP contribution in [0.15, 0.2) is 84.9 Å². The molecule has 3 aromatic carbocycles. The van der Waals surface area contributed by atoms with E-state index in [-0.39, 0.29) is 29.6 Å². The maximum atomic E-state index is 13.0. The molecular formula is C26H27NO3. The van der Waals surface area contributed by atoms with Crippen molar-refractivity contribution in [2.24, 2.45) is 0 Å². The largest absolute Gasteiger partial charge is 0.508 e. The molecule has 4 heteroatoms. The van der Waals surface area contributed by atoms with Gasteiger partial charge in [0, 0.05) is 24.6 Å². The zero-order chi connectivity index (χ0) is 20.9. The molecule has 1 saturated heterocycles. The van der Waals surface area contributed by atoms with E-state index in [1.54, 1.807) is 24.3 Å². The van der Waals surface area contributed by atoms with E-state index in [1.165, 1.54) is 5.56 Å². The van der Waals surface area contributed by atoms with E-state index in [2.05, 4.69) is 29.2 Å². The van der Waals surface area contributed by atoms with Gasteiger partial charge in [0.25, 0.3) is 0 Å². The second-order valence-corrected chi connectivity index (χ2v) is 7.86. The molecule has 3 aromatic rings. The first kappa shape index (κ1) is 20.2. The molecular weight excluding hydrogens is 374 g/mol. The molecule has 1 heterocycles. The zero-order valence-corrected chi connectivity index (χ0v) is 17.1. The molecule has 0 radical (unpaired) electrons. The number of aromatic hydroxyl groups is 1. The van der Waals surface area contributed by atoms with Crippen molar-refractivity contribution in [2.45, 2.75) is 31.4 Å². The van der Waals surface area contributed by atoms with Crippen LogP contribution in [0, 0.1) is 0 Å². The molecule has 1 aliphatic heterocycles. The van der Waals surface area contributed by atoms with Crippen molar-refractivity contribution in [3.8, 4) is 11.5 Å². The van der Waals surface area contributed by atoms with Crippen molar-refractivity contribution < 1.29 is 14.6 Å². The van der Waals surface area contributed by atoms with Gasteiger partial charge in [-0.2, -0.15) is 0 Å². The maximum Gasteiger partial charge on any atom is 0.179 e. The van der Waals surface area contributed by atoms with Crippen molar-refractivity contribution in [3.63, 3.8) is 0 Å². The van der Waals surface area contributed by atoms with Crippen LogP contribution in [0.3, 0.4) is 0 Å². The molecule has 30 heavy (non-hydrogen) atoms. The van der Waals surface area contributed by atoms with Gasteiger partial charge in [-0.25, -0.2) is 0 Å². The number of carbonyl (C=O) groups excluding carboxylic acids is 1. The monoisotopic (exact) mass is 401 g/mol. The van der Waals surface area contributed by atoms with Gasteiger partial charge in [-0.1, -0.05) is 60.7 Å². The molecule has 0 aliphatic carbocycles. The summed E-state index contributed by atoms with van der Waals surface area (Å²) >= 11 is 0. The Labute approximate surface area is 177 Å². The number of hydrogen-bond acceptors (Lipinski definition) is 4. The number of rotatable bonds is 6. The van der Waals surface area contributed by atoms with Crippen LogP contribution in [0.4, 0.5) is 0 Å². The minimum absolute atomic E-state index is 0.0279. The number of ketones is 1. The molecule has 0 saturated carbocycles. The molecule has 154 valence electrons. The smallest absolute Gasteiger partial charge is 0.179 e. The highest BCUT2D eigenvalue weighted by Gasteiger charge is 2.35. The molecule has 0 spiro atoms. The highest BCUT2D eigenvalue weighted by Crippen LogP contribution is 2.32. The Kier molecular flexibility index (Phi) is 6.15. The Hall–Kier alpha value is -3.11. The van der Waals surface area contributed by atoms with Crippen LogP contribution in [0.5, 0.6) is 11.5 Å². The Morgan fingerprint density at radius 2 is 1.70 bits per heavy atom. The van der Waals surface area contributed by atoms with E-state index >= 15 is 0 Å². The SMILES string of the molecule is CC(C(=O)c1cccc(O)c1)N1CC[C@@H](Oc2ccccc2)[C@H](c2ccccc2)C1. The molecule has 3 atom stereocenters. The van der Waals surface area contributed by atoms with Crippen LogP contribution in [-0.2, 0) is 0 Å². The van der Waals surface area contributed by atoms with Gasteiger partial charge in [-0.05, 0) is 43.2 Å². The number of ether oxygens (including phenoxy) is 1. The molecule has 4 nitrogen and oxygen atoms in total. The number of para-hydroxylation sites is 1. The van der Waals surface area contributed by atoms with E-state index in [0.29, 0.717) is 5.56 Å². The number of phenols is 1. The van der Waals surface area contributed by atoms with Crippen LogP contribution in [0.25, 0.3) is 0 Å². The standard InChI is InChI=1S/C26H27NO3/c1-19(26(29)21-11-8-12-22(28)17-21)27-16-15-25(30-23-13-6-3-7-14-23)24(18-27)20-9-4-2-5-10-20/h2-14,17,19,24-25,28H,15-16,18H2,1H3/t19?,24-,25+/m0/s1. The topological polar surface area (TPSA) is 49.8 Å². The predicted molar refractivity (Wildman–Crippen MR) is 118 cm³/mol. The third-order valence-electron chi connectivity index (χ3n) is 5.90. The first-order valence-corrected chi connectivity index (χ1v) is 10.5. The quantitative estimate of drug-likeness (QED) is 0.597. The summed E-state index contributed by atoms with van der Waals surface area (Å²) in [5, 5.41) is 9.74. The summed E-state index contributed by atoms with van der Waals surface area (Å²) in [6.45, 7) is 3.48. The van der Waals surface area contributed by atoms with Crippen LogP contribution in [0.2, 0.25) is 0 Å². The number of benzene rings is 3. The van der Waals surface area contributed by atoms with Crippen LogP contribution in [-0.4, -0.2) is 41.0 Å². The minimum Gasteiger partial charge on any atom is -0.508 e. The molecule has 1 N–H and O–H groups in total. The van der Waals surface area contributed by atoms with Crippen LogP contribution >= 0.6 is 0 Å². The van der Waals surface area contributed by atoms with E-state index in [0.717, 1.165) is 25.3 Å². The maximum absolute atomic E-state index is 13.0. The molecule has 0 aromatic heterocycles. The Balaban J connectivity index is 1.54. The van der Waals surface area contributed by atoms with Gasteiger partial charge in [-0.3, -0.25) is 9.69 Å². The van der Waals surface area contributed by atoms with E-state index in [9.17, 15) is 9.90 Å². The summed E-state index contributed by atoms with van der Waals surface area (Å²) in [6, 6.07) is 26.7. The summed E-state index contributed by atoms with van der Waals surface area (Å²) in [6.07, 6.45) is 0.890. The molecule has 0 amide bonds. The van der Waals surface area contributed by atoms with Crippen molar-refractivity contribution in [1.82, 2.24) is 4.90 Å². The molecule has 1 unspecified atom stereocenters. The van der Waals surface area contributed by atoms with Gasteiger partial charge < -0.3 is 9.84 Å². The molecule has 0 bridgehead atoms. The lowest BCUT2D eigenvalue weighted by Gasteiger charge is -2.41. The molecule has 1 fully saturated rings. The lowest BCUT2D eigenvalue weighted by Crippen LogP contribution is -2.50. The van der Waals surface area contributed by atoms with Gasteiger partial charge >= 0.3 is 0 Å². The van der Waals surface area contributed by atoms with Crippen LogP contribution in [0.1, 0.15) is 35.2 Å². The van der Waals surface area contributed by atoms with E-state index in [4.69, 9.17) is 4.74 Å². The number of hydrogen-bond donors (Lipinski definition) is 1. The van der Waals surface area contributed by atoms with E-state index < -0.39 is 0 Å². The fourth-order valence-corrected chi connectivity index (χ4v) is 4.21. The number of phenolic OH excluding ortho intramolecular Hbond substituents is 1. The number of Topliss-reactive ketones (excluding diaryl/α,β-unsaturated/α-hetero) is 1. The van der Waals surface area contributed by atoms with Gasteiger partial charge in [0.2, 0.25) is 0 Å².